The lowest BCUT2D eigenvalue weighted by atomic mass is 10.1. The molecule has 0 aliphatic rings. The summed E-state index contributed by atoms with van der Waals surface area (Å²) in [7, 11) is 0. The number of ether oxygens (including phenoxy) is 2. The van der Waals surface area contributed by atoms with Crippen molar-refractivity contribution in [3.05, 3.63) is 88.1 Å². The third-order valence-corrected chi connectivity index (χ3v) is 7.33. The molecule has 3 rings (SSSR count). The second-order valence-corrected chi connectivity index (χ2v) is 12.4. The Morgan fingerprint density at radius 1 is 0.822 bits per heavy atom. The molecule has 0 unspecified atom stereocenters. The fourth-order valence-electron chi connectivity index (χ4n) is 4.19. The Morgan fingerprint density at radius 3 is 2.20 bits per heavy atom. The standard InChI is InChI=1S/C33H42N4O7S/c1-33(2,3)44-31(41)34-18-8-7-13-27(29(39)35-25-16-14-23(21-38)15-17-25)36-30(40)28(20-26-12-9-19-45-26)37-32(42)43-22-24-10-5-4-6-11-24/h4-6,9-12,14-17,19,27-28,38H,7-8,13,18,20-22H2,1-3H3,(H,34,41)(H,35,39)(H,36,40)(H,37,42)/t27-,28-/m0/s1. The van der Waals surface area contributed by atoms with Crippen LogP contribution in [-0.4, -0.2) is 53.3 Å². The van der Waals surface area contributed by atoms with E-state index in [-0.39, 0.29) is 26.1 Å². The van der Waals surface area contributed by atoms with Crippen molar-refractivity contribution >= 4 is 41.0 Å². The first kappa shape index (κ1) is 35.1. The maximum Gasteiger partial charge on any atom is 0.408 e. The van der Waals surface area contributed by atoms with E-state index in [1.54, 1.807) is 45.0 Å². The van der Waals surface area contributed by atoms with Gasteiger partial charge in [-0.2, -0.15) is 0 Å². The summed E-state index contributed by atoms with van der Waals surface area (Å²) in [6, 6.07) is 17.7. The van der Waals surface area contributed by atoms with Gasteiger partial charge in [-0.3, -0.25) is 9.59 Å². The predicted octanol–water partition coefficient (Wildman–Crippen LogP) is 4.90. The van der Waals surface area contributed by atoms with Gasteiger partial charge in [0, 0.05) is 23.5 Å². The minimum atomic E-state index is -1.00. The molecule has 2 atom stereocenters. The Bertz CT molecular complexity index is 1360. The molecule has 0 bridgehead atoms. The van der Waals surface area contributed by atoms with Crippen LogP contribution in [0, 0.1) is 0 Å². The van der Waals surface area contributed by atoms with Crippen molar-refractivity contribution < 1.29 is 33.8 Å². The average molecular weight is 639 g/mol. The van der Waals surface area contributed by atoms with Gasteiger partial charge in [-0.25, -0.2) is 9.59 Å². The number of benzene rings is 2. The Morgan fingerprint density at radius 2 is 1.56 bits per heavy atom. The Hall–Kier alpha value is -4.42. The number of thiophene rings is 1. The van der Waals surface area contributed by atoms with Crippen LogP contribution in [0.1, 0.15) is 56.0 Å². The number of hydrogen-bond donors (Lipinski definition) is 5. The molecule has 1 aromatic heterocycles. The molecule has 3 aromatic rings. The number of rotatable bonds is 15. The Balaban J connectivity index is 1.66. The van der Waals surface area contributed by atoms with Crippen molar-refractivity contribution in [2.45, 2.75) is 77.4 Å². The highest BCUT2D eigenvalue weighted by Gasteiger charge is 2.28. The van der Waals surface area contributed by atoms with Crippen LogP contribution in [0.2, 0.25) is 0 Å². The number of hydrogen-bond acceptors (Lipinski definition) is 8. The van der Waals surface area contributed by atoms with Gasteiger partial charge in [0.25, 0.3) is 0 Å². The molecule has 0 saturated carbocycles. The van der Waals surface area contributed by atoms with E-state index >= 15 is 0 Å². The maximum atomic E-state index is 13.6. The van der Waals surface area contributed by atoms with E-state index in [0.717, 1.165) is 10.4 Å². The van der Waals surface area contributed by atoms with Gasteiger partial charge < -0.3 is 35.8 Å². The fourth-order valence-corrected chi connectivity index (χ4v) is 4.94. The molecule has 45 heavy (non-hydrogen) atoms. The lowest BCUT2D eigenvalue weighted by Crippen LogP contribution is -2.53. The third kappa shape index (κ3) is 13.4. The number of amides is 4. The number of carbonyl (C=O) groups is 4. The normalized spacial score (nSPS) is 12.4. The Kier molecular flexibility index (Phi) is 13.8. The Labute approximate surface area is 267 Å². The molecule has 242 valence electrons. The van der Waals surface area contributed by atoms with Crippen LogP contribution >= 0.6 is 11.3 Å². The number of alkyl carbamates (subject to hydrolysis) is 2. The first-order valence-corrected chi connectivity index (χ1v) is 15.7. The van der Waals surface area contributed by atoms with Crippen LogP contribution in [0.4, 0.5) is 15.3 Å². The number of aliphatic hydroxyl groups excluding tert-OH is 1. The highest BCUT2D eigenvalue weighted by atomic mass is 32.1. The average Bonchev–Trinajstić information content (AvgIpc) is 3.52. The largest absolute Gasteiger partial charge is 0.445 e. The first-order chi connectivity index (χ1) is 21.5. The van der Waals surface area contributed by atoms with Crippen LogP contribution in [0.25, 0.3) is 0 Å². The van der Waals surface area contributed by atoms with Gasteiger partial charge >= 0.3 is 12.2 Å². The predicted molar refractivity (Wildman–Crippen MR) is 173 cm³/mol. The smallest absolute Gasteiger partial charge is 0.408 e. The summed E-state index contributed by atoms with van der Waals surface area (Å²) in [4.78, 5) is 52.5. The molecular formula is C33H42N4O7S. The molecule has 0 spiro atoms. The third-order valence-electron chi connectivity index (χ3n) is 6.43. The molecule has 12 heteroatoms. The number of carbonyl (C=O) groups excluding carboxylic acids is 4. The molecule has 5 N–H and O–H groups in total. The molecule has 11 nitrogen and oxygen atoms in total. The molecule has 2 aromatic carbocycles. The van der Waals surface area contributed by atoms with Crippen molar-refractivity contribution in [1.29, 1.82) is 0 Å². The van der Waals surface area contributed by atoms with Gasteiger partial charge in [0.1, 0.15) is 24.3 Å². The van der Waals surface area contributed by atoms with Gasteiger partial charge in [0.05, 0.1) is 6.61 Å². The van der Waals surface area contributed by atoms with Crippen molar-refractivity contribution in [3.63, 3.8) is 0 Å². The maximum absolute atomic E-state index is 13.6. The molecule has 1 heterocycles. The van der Waals surface area contributed by atoms with Crippen LogP contribution in [-0.2, 0) is 38.7 Å². The minimum Gasteiger partial charge on any atom is -0.445 e. The van der Waals surface area contributed by atoms with Crippen LogP contribution < -0.4 is 21.3 Å². The SMILES string of the molecule is CC(C)(C)OC(=O)NCCCC[C@H](NC(=O)[C@H](Cc1cccs1)NC(=O)OCc1ccccc1)C(=O)Nc1ccc(CO)cc1. The van der Waals surface area contributed by atoms with Gasteiger partial charge in [0.15, 0.2) is 0 Å². The summed E-state index contributed by atoms with van der Waals surface area (Å²) in [6.07, 6.45) is 0.228. The zero-order valence-electron chi connectivity index (χ0n) is 25.8. The van der Waals surface area contributed by atoms with Crippen LogP contribution in [0.3, 0.4) is 0 Å². The molecule has 0 radical (unpaired) electrons. The fraction of sp³-hybridized carbons (Fsp3) is 0.394. The lowest BCUT2D eigenvalue weighted by Gasteiger charge is -2.23. The summed E-state index contributed by atoms with van der Waals surface area (Å²) in [5.74, 6) is -0.982. The molecule has 0 saturated heterocycles. The second kappa shape index (κ2) is 17.8. The second-order valence-electron chi connectivity index (χ2n) is 11.4. The summed E-state index contributed by atoms with van der Waals surface area (Å²) < 4.78 is 10.6. The van der Waals surface area contributed by atoms with Crippen molar-refractivity contribution in [2.75, 3.05) is 11.9 Å². The molecule has 0 aliphatic heterocycles. The summed E-state index contributed by atoms with van der Waals surface area (Å²) in [6.45, 7) is 5.57. The minimum absolute atomic E-state index is 0.0391. The molecular weight excluding hydrogens is 596 g/mol. The zero-order valence-corrected chi connectivity index (χ0v) is 26.7. The molecule has 0 aliphatic carbocycles. The monoisotopic (exact) mass is 638 g/mol. The lowest BCUT2D eigenvalue weighted by molar-refractivity contribution is -0.128. The van der Waals surface area contributed by atoms with Crippen molar-refractivity contribution in [3.8, 4) is 0 Å². The van der Waals surface area contributed by atoms with Gasteiger partial charge in [0.2, 0.25) is 11.8 Å². The van der Waals surface area contributed by atoms with E-state index in [2.05, 4.69) is 21.3 Å². The highest BCUT2D eigenvalue weighted by molar-refractivity contribution is 7.09. The number of nitrogens with one attached hydrogen (secondary N) is 4. The first-order valence-electron chi connectivity index (χ1n) is 14.8. The van der Waals surface area contributed by atoms with Gasteiger partial charge in [-0.1, -0.05) is 48.5 Å². The molecule has 4 amide bonds. The number of aliphatic hydroxyl groups is 1. The summed E-state index contributed by atoms with van der Waals surface area (Å²) in [5, 5.41) is 22.2. The van der Waals surface area contributed by atoms with Crippen LogP contribution in [0.5, 0.6) is 0 Å². The number of anilines is 1. The van der Waals surface area contributed by atoms with E-state index in [9.17, 15) is 24.3 Å². The van der Waals surface area contributed by atoms with Crippen LogP contribution in [0.15, 0.2) is 72.1 Å². The van der Waals surface area contributed by atoms with E-state index in [0.29, 0.717) is 30.6 Å². The summed E-state index contributed by atoms with van der Waals surface area (Å²) in [5.41, 5.74) is 1.38. The molecule has 0 fully saturated rings. The highest BCUT2D eigenvalue weighted by Crippen LogP contribution is 2.14. The van der Waals surface area contributed by atoms with E-state index < -0.39 is 41.7 Å². The quantitative estimate of drug-likeness (QED) is 0.148. The van der Waals surface area contributed by atoms with Gasteiger partial charge in [-0.15, -0.1) is 11.3 Å². The van der Waals surface area contributed by atoms with Crippen molar-refractivity contribution in [1.82, 2.24) is 16.0 Å². The topological polar surface area (TPSA) is 155 Å². The van der Waals surface area contributed by atoms with E-state index in [4.69, 9.17) is 9.47 Å². The van der Waals surface area contributed by atoms with E-state index in [1.807, 2.05) is 47.8 Å². The van der Waals surface area contributed by atoms with E-state index in [1.165, 1.54) is 11.3 Å². The van der Waals surface area contributed by atoms with Gasteiger partial charge in [-0.05, 0) is 74.7 Å². The number of unbranched alkanes of at least 4 members (excludes halogenated alkanes) is 1. The van der Waals surface area contributed by atoms with Crippen molar-refractivity contribution in [2.24, 2.45) is 0 Å². The summed E-state index contributed by atoms with van der Waals surface area (Å²) >= 11 is 1.45. The zero-order chi connectivity index (χ0) is 32.7.